The summed E-state index contributed by atoms with van der Waals surface area (Å²) in [5, 5.41) is 7.78. The van der Waals surface area contributed by atoms with Gasteiger partial charge in [-0.05, 0) is 48.7 Å². The van der Waals surface area contributed by atoms with Crippen molar-refractivity contribution in [2.75, 3.05) is 6.61 Å². The molecule has 0 unspecified atom stereocenters. The summed E-state index contributed by atoms with van der Waals surface area (Å²) in [5.41, 5.74) is 2.56. The van der Waals surface area contributed by atoms with E-state index < -0.39 is 11.6 Å². The Hall–Kier alpha value is -2.76. The van der Waals surface area contributed by atoms with Crippen LogP contribution in [0.3, 0.4) is 0 Å². The van der Waals surface area contributed by atoms with Crippen LogP contribution in [0.2, 0.25) is 0 Å². The average Bonchev–Trinajstić information content (AvgIpc) is 2.95. The highest BCUT2D eigenvalue weighted by Gasteiger charge is 2.03. The molecule has 1 aromatic heterocycles. The summed E-state index contributed by atoms with van der Waals surface area (Å²) in [6, 6.07) is 9.37. The van der Waals surface area contributed by atoms with E-state index in [-0.39, 0.29) is 0 Å². The molecule has 2 aromatic carbocycles. The Morgan fingerprint density at radius 2 is 1.87 bits per heavy atom. The van der Waals surface area contributed by atoms with Gasteiger partial charge in [0.1, 0.15) is 11.6 Å². The summed E-state index contributed by atoms with van der Waals surface area (Å²) in [7, 11) is 0. The van der Waals surface area contributed by atoms with Crippen LogP contribution in [0.25, 0.3) is 10.9 Å². The molecule has 0 bridgehead atoms. The van der Waals surface area contributed by atoms with Crippen LogP contribution >= 0.6 is 0 Å². The maximum Gasteiger partial charge on any atom is 0.293 e. The number of hydrogen-bond donors (Lipinski definition) is 1. The average molecular weight is 318 g/mol. The predicted molar refractivity (Wildman–Crippen MR) is 82.9 cm³/mol. The molecule has 0 fully saturated rings. The van der Waals surface area contributed by atoms with Gasteiger partial charge < -0.3 is 4.74 Å². The third-order valence-electron chi connectivity index (χ3n) is 3.07. The summed E-state index contributed by atoms with van der Waals surface area (Å²) in [4.78, 5) is 9.18. The largest absolute Gasteiger partial charge is 0.468 e. The lowest BCUT2D eigenvalue weighted by molar-refractivity contribution is -0.128. The first kappa shape index (κ1) is 16.6. The lowest BCUT2D eigenvalue weighted by Gasteiger charge is -2.03. The van der Waals surface area contributed by atoms with Crippen LogP contribution in [0.15, 0.2) is 42.6 Å². The van der Waals surface area contributed by atoms with Crippen molar-refractivity contribution >= 4 is 17.4 Å². The van der Waals surface area contributed by atoms with E-state index in [0.717, 1.165) is 22.5 Å². The first-order valence-corrected chi connectivity index (χ1v) is 7.04. The molecular formula is C17H16F2N2O2. The zero-order valence-corrected chi connectivity index (χ0v) is 12.6. The molecule has 0 aliphatic heterocycles. The van der Waals surface area contributed by atoms with Gasteiger partial charge in [0.2, 0.25) is 0 Å². The standard InChI is InChI=1S/C14H10F2N2.C3H6O2/c15-12-5-10(6-13(16)7-12)3-9-1-2-14-11(4-9)8-17-18-14;1-2-5-3-4/h1-2,4-8H,3H2,(H,17,18);3H,2H2,1H3. The predicted octanol–water partition coefficient (Wildman–Crippen LogP) is 3.61. The van der Waals surface area contributed by atoms with E-state index in [1.165, 1.54) is 12.1 Å². The number of halogens is 2. The Labute approximate surface area is 132 Å². The van der Waals surface area contributed by atoms with Crippen molar-refractivity contribution in [3.63, 3.8) is 0 Å². The minimum absolute atomic E-state index is 0.431. The molecular weight excluding hydrogens is 302 g/mol. The van der Waals surface area contributed by atoms with Crippen molar-refractivity contribution in [2.45, 2.75) is 13.3 Å². The highest BCUT2D eigenvalue weighted by atomic mass is 19.1. The van der Waals surface area contributed by atoms with Gasteiger partial charge in [0.15, 0.2) is 0 Å². The van der Waals surface area contributed by atoms with Crippen molar-refractivity contribution in [2.24, 2.45) is 0 Å². The number of aromatic nitrogens is 2. The van der Waals surface area contributed by atoms with Gasteiger partial charge in [0, 0.05) is 11.5 Å². The van der Waals surface area contributed by atoms with Gasteiger partial charge in [-0.1, -0.05) is 6.07 Å². The third kappa shape index (κ3) is 4.88. The monoisotopic (exact) mass is 318 g/mol. The van der Waals surface area contributed by atoms with Gasteiger partial charge >= 0.3 is 0 Å². The number of nitrogens with zero attached hydrogens (tertiary/aromatic N) is 1. The fourth-order valence-corrected chi connectivity index (χ4v) is 2.12. The van der Waals surface area contributed by atoms with Crippen molar-refractivity contribution in [3.05, 3.63) is 65.4 Å². The molecule has 0 spiro atoms. The van der Waals surface area contributed by atoms with Crippen LogP contribution in [0, 0.1) is 11.6 Å². The Morgan fingerprint density at radius 3 is 2.48 bits per heavy atom. The van der Waals surface area contributed by atoms with Gasteiger partial charge in [0.25, 0.3) is 6.47 Å². The van der Waals surface area contributed by atoms with Gasteiger partial charge in [-0.25, -0.2) is 8.78 Å². The summed E-state index contributed by atoms with van der Waals surface area (Å²) >= 11 is 0. The minimum atomic E-state index is -0.547. The number of H-pyrrole nitrogens is 1. The number of carbonyl (C=O) groups excluding carboxylic acids is 1. The number of hydrogen-bond acceptors (Lipinski definition) is 3. The topological polar surface area (TPSA) is 55.0 Å². The van der Waals surface area contributed by atoms with Crippen LogP contribution < -0.4 is 0 Å². The van der Waals surface area contributed by atoms with E-state index in [0.29, 0.717) is 25.1 Å². The number of fused-ring (bicyclic) bond motifs is 1. The van der Waals surface area contributed by atoms with Crippen LogP contribution in [0.5, 0.6) is 0 Å². The van der Waals surface area contributed by atoms with E-state index in [1.54, 1.807) is 13.1 Å². The van der Waals surface area contributed by atoms with E-state index in [4.69, 9.17) is 0 Å². The van der Waals surface area contributed by atoms with Gasteiger partial charge in [0.05, 0.1) is 18.3 Å². The normalized spacial score (nSPS) is 10.0. The Kier molecular flexibility index (Phi) is 5.80. The molecule has 0 aliphatic carbocycles. The third-order valence-corrected chi connectivity index (χ3v) is 3.07. The SMILES string of the molecule is CCOC=O.Fc1cc(F)cc(Cc2ccc3[nH]ncc3c2)c1. The van der Waals surface area contributed by atoms with Crippen molar-refractivity contribution < 1.29 is 18.3 Å². The first-order chi connectivity index (χ1) is 11.1. The molecule has 120 valence electrons. The fourth-order valence-electron chi connectivity index (χ4n) is 2.12. The van der Waals surface area contributed by atoms with Crippen LogP contribution in [0.1, 0.15) is 18.1 Å². The summed E-state index contributed by atoms with van der Waals surface area (Å²) in [6.45, 7) is 2.66. The molecule has 0 radical (unpaired) electrons. The number of carbonyl (C=O) groups is 1. The van der Waals surface area contributed by atoms with Gasteiger partial charge in [-0.15, -0.1) is 0 Å². The zero-order valence-electron chi connectivity index (χ0n) is 12.6. The molecule has 3 aromatic rings. The lowest BCUT2D eigenvalue weighted by Crippen LogP contribution is -1.91. The molecule has 3 rings (SSSR count). The maximum absolute atomic E-state index is 13.1. The second-order valence-corrected chi connectivity index (χ2v) is 4.80. The van der Waals surface area contributed by atoms with Crippen molar-refractivity contribution in [1.82, 2.24) is 10.2 Å². The van der Waals surface area contributed by atoms with E-state index >= 15 is 0 Å². The highest BCUT2D eigenvalue weighted by molar-refractivity contribution is 5.78. The summed E-state index contributed by atoms with van der Waals surface area (Å²) in [5.74, 6) is -1.09. The number of nitrogens with one attached hydrogen (secondary N) is 1. The minimum Gasteiger partial charge on any atom is -0.468 e. The smallest absolute Gasteiger partial charge is 0.293 e. The molecule has 0 saturated carbocycles. The summed E-state index contributed by atoms with van der Waals surface area (Å²) in [6.07, 6.45) is 2.22. The molecule has 0 aliphatic rings. The van der Waals surface area contributed by atoms with Crippen LogP contribution in [-0.4, -0.2) is 23.3 Å². The van der Waals surface area contributed by atoms with Crippen molar-refractivity contribution in [3.8, 4) is 0 Å². The molecule has 0 atom stereocenters. The second-order valence-electron chi connectivity index (χ2n) is 4.80. The van der Waals surface area contributed by atoms with Gasteiger partial charge in [-0.3, -0.25) is 9.89 Å². The Morgan fingerprint density at radius 1 is 1.13 bits per heavy atom. The molecule has 1 N–H and O–H groups in total. The molecule has 4 nitrogen and oxygen atoms in total. The van der Waals surface area contributed by atoms with E-state index in [9.17, 15) is 13.6 Å². The zero-order chi connectivity index (χ0) is 16.7. The Balaban J connectivity index is 0.000000338. The number of ether oxygens (including phenoxy) is 1. The lowest BCUT2D eigenvalue weighted by atomic mass is 10.0. The van der Waals surface area contributed by atoms with Crippen LogP contribution in [0.4, 0.5) is 8.78 Å². The molecule has 6 heteroatoms. The van der Waals surface area contributed by atoms with Crippen molar-refractivity contribution in [1.29, 1.82) is 0 Å². The molecule has 23 heavy (non-hydrogen) atoms. The number of benzene rings is 2. The van der Waals surface area contributed by atoms with E-state index in [2.05, 4.69) is 14.9 Å². The highest BCUT2D eigenvalue weighted by Crippen LogP contribution is 2.17. The van der Waals surface area contributed by atoms with Crippen LogP contribution in [-0.2, 0) is 16.0 Å². The maximum atomic E-state index is 13.1. The van der Waals surface area contributed by atoms with E-state index in [1.807, 2.05) is 18.2 Å². The second kappa shape index (κ2) is 8.03. The molecule has 0 saturated heterocycles. The molecule has 0 amide bonds. The fraction of sp³-hybridized carbons (Fsp3) is 0.176. The Bertz CT molecular complexity index is 767. The first-order valence-electron chi connectivity index (χ1n) is 7.04. The quantitative estimate of drug-likeness (QED) is 0.748. The number of aromatic amines is 1. The van der Waals surface area contributed by atoms with Gasteiger partial charge in [-0.2, -0.15) is 5.10 Å². The molecule has 1 heterocycles. The number of rotatable bonds is 4. The summed E-state index contributed by atoms with van der Waals surface area (Å²) < 4.78 is 30.3.